The van der Waals surface area contributed by atoms with Crippen molar-refractivity contribution in [3.05, 3.63) is 12.2 Å². The van der Waals surface area contributed by atoms with Crippen molar-refractivity contribution in [3.8, 4) is 0 Å². The monoisotopic (exact) mass is 1040 g/mol. The molecule has 428 valence electrons. The molecule has 0 spiro atoms. The molecule has 1 heterocycles. The highest BCUT2D eigenvalue weighted by atomic mass is 16.7. The Kier molecular flexibility index (Phi) is 47.2. The van der Waals surface area contributed by atoms with Gasteiger partial charge in [-0.25, -0.2) is 4.79 Å². The number of aliphatic hydroxyl groups is 2. The Labute approximate surface area is 446 Å². The number of hydrogen-bond acceptors (Lipinski definition) is 11. The molecule has 1 saturated heterocycles. The maximum Gasteiger partial charge on any atom is 0.335 e. The average Bonchev–Trinajstić information content (AvgIpc) is 3.37. The minimum Gasteiger partial charge on any atom is -0.479 e. The van der Waals surface area contributed by atoms with Crippen LogP contribution in [0, 0.1) is 0 Å². The van der Waals surface area contributed by atoms with E-state index in [-0.39, 0.29) is 25.9 Å². The number of carboxylic acids is 1. The van der Waals surface area contributed by atoms with E-state index in [9.17, 15) is 34.5 Å². The molecule has 6 atom stereocenters. The number of hydrogen-bond donors (Lipinski definition) is 3. The Morgan fingerprint density at radius 2 is 0.781 bits per heavy atom. The molecule has 0 bridgehead atoms. The molecule has 12 nitrogen and oxygen atoms in total. The lowest BCUT2D eigenvalue weighted by Crippen LogP contribution is -2.61. The zero-order valence-electron chi connectivity index (χ0n) is 47.2. The van der Waals surface area contributed by atoms with Crippen molar-refractivity contribution in [1.82, 2.24) is 0 Å². The average molecular weight is 1040 g/mol. The summed E-state index contributed by atoms with van der Waals surface area (Å²) in [5.74, 6) is -3.09. The first kappa shape index (κ1) is 68.5. The number of aliphatic carboxylic acids is 1. The smallest absolute Gasteiger partial charge is 0.335 e. The fourth-order valence-corrected chi connectivity index (χ4v) is 9.60. The summed E-state index contributed by atoms with van der Waals surface area (Å²) in [5.41, 5.74) is 0. The molecule has 1 aliphatic rings. The van der Waals surface area contributed by atoms with Crippen molar-refractivity contribution in [2.45, 2.75) is 340 Å². The molecule has 0 aliphatic carbocycles. The van der Waals surface area contributed by atoms with Gasteiger partial charge in [-0.05, 0) is 44.9 Å². The number of rotatable bonds is 53. The largest absolute Gasteiger partial charge is 0.479 e. The van der Waals surface area contributed by atoms with E-state index in [0.717, 1.165) is 77.0 Å². The van der Waals surface area contributed by atoms with Gasteiger partial charge < -0.3 is 39.0 Å². The Hall–Kier alpha value is -2.54. The van der Waals surface area contributed by atoms with E-state index in [1.807, 2.05) is 0 Å². The molecule has 1 aliphatic heterocycles. The molecule has 73 heavy (non-hydrogen) atoms. The third kappa shape index (κ3) is 40.4. The standard InChI is InChI=1S/C61H112O12/c1-4-7-10-13-16-19-22-24-26-27-29-31-34-37-40-43-46-49-55(64)72-59-57(66)56(65)58(60(67)68)73-61(59)70-51-52(71-54(63)48-45-42-39-36-32-21-18-15-12-9-6-3)50-69-53(62)47-44-41-38-35-33-30-28-25-23-20-17-14-11-8-5-2/h25,28,52,56-59,61,65-66H,4-24,26-27,29-51H2,1-3H3,(H,67,68)/b28-25-. The zero-order valence-corrected chi connectivity index (χ0v) is 47.2. The summed E-state index contributed by atoms with van der Waals surface area (Å²) in [6, 6.07) is 0. The summed E-state index contributed by atoms with van der Waals surface area (Å²) in [6.07, 6.45) is 43.2. The highest BCUT2D eigenvalue weighted by molar-refractivity contribution is 5.74. The molecule has 3 N–H and O–H groups in total. The maximum atomic E-state index is 13.1. The fraction of sp³-hybridized carbons (Fsp3) is 0.902. The molecule has 0 aromatic rings. The predicted octanol–water partition coefficient (Wildman–Crippen LogP) is 15.7. The third-order valence-electron chi connectivity index (χ3n) is 14.3. The van der Waals surface area contributed by atoms with Gasteiger partial charge in [0.05, 0.1) is 6.61 Å². The molecule has 0 aromatic carbocycles. The van der Waals surface area contributed by atoms with Gasteiger partial charge in [0.2, 0.25) is 0 Å². The molecule has 1 fully saturated rings. The van der Waals surface area contributed by atoms with E-state index < -0.39 is 67.3 Å². The van der Waals surface area contributed by atoms with Gasteiger partial charge in [0, 0.05) is 19.3 Å². The summed E-state index contributed by atoms with van der Waals surface area (Å²) in [7, 11) is 0. The van der Waals surface area contributed by atoms with E-state index in [0.29, 0.717) is 19.3 Å². The molecule has 0 amide bonds. The molecule has 0 radical (unpaired) electrons. The van der Waals surface area contributed by atoms with Gasteiger partial charge in [-0.3, -0.25) is 14.4 Å². The maximum absolute atomic E-state index is 13.1. The van der Waals surface area contributed by atoms with Gasteiger partial charge in [0.1, 0.15) is 18.8 Å². The van der Waals surface area contributed by atoms with Gasteiger partial charge in [0.15, 0.2) is 24.6 Å². The number of aliphatic hydroxyl groups excluding tert-OH is 2. The van der Waals surface area contributed by atoms with Crippen LogP contribution in [0.2, 0.25) is 0 Å². The molecular formula is C61H112O12. The topological polar surface area (TPSA) is 175 Å². The van der Waals surface area contributed by atoms with E-state index in [1.54, 1.807) is 0 Å². The van der Waals surface area contributed by atoms with Crippen LogP contribution in [-0.2, 0) is 42.9 Å². The van der Waals surface area contributed by atoms with Crippen LogP contribution in [0.3, 0.4) is 0 Å². The van der Waals surface area contributed by atoms with Crippen LogP contribution in [0.15, 0.2) is 12.2 Å². The van der Waals surface area contributed by atoms with E-state index in [1.165, 1.54) is 167 Å². The number of unbranched alkanes of at least 4 members (excludes halogenated alkanes) is 37. The second kappa shape index (κ2) is 50.3. The molecular weight excluding hydrogens is 925 g/mol. The van der Waals surface area contributed by atoms with Crippen molar-refractivity contribution < 1.29 is 58.2 Å². The number of allylic oxidation sites excluding steroid dienone is 2. The number of carbonyl (C=O) groups is 4. The molecule has 0 saturated carbocycles. The summed E-state index contributed by atoms with van der Waals surface area (Å²) in [4.78, 5) is 51.1. The number of carbonyl (C=O) groups excluding carboxylic acids is 3. The first-order valence-corrected chi connectivity index (χ1v) is 30.7. The van der Waals surface area contributed by atoms with Crippen molar-refractivity contribution in [1.29, 1.82) is 0 Å². The number of ether oxygens (including phenoxy) is 5. The normalized spacial score (nSPS) is 18.3. The van der Waals surface area contributed by atoms with Crippen molar-refractivity contribution >= 4 is 23.9 Å². The van der Waals surface area contributed by atoms with E-state index in [4.69, 9.17) is 23.7 Å². The fourth-order valence-electron chi connectivity index (χ4n) is 9.60. The second-order valence-corrected chi connectivity index (χ2v) is 21.4. The number of carboxylic acid groups (broad SMARTS) is 1. The summed E-state index contributed by atoms with van der Waals surface area (Å²) >= 11 is 0. The lowest BCUT2D eigenvalue weighted by atomic mass is 9.98. The SMILES string of the molecule is CCCCCCCC/C=C\CCCCCCCC(=O)OCC(COC1OC(C(=O)O)C(O)C(O)C1OC(=O)CCCCCCCCCCCCCCCCCCC)OC(=O)CCCCCCCCCCCCC. The van der Waals surface area contributed by atoms with Gasteiger partial charge in [-0.15, -0.1) is 0 Å². The van der Waals surface area contributed by atoms with Gasteiger partial charge in [-0.2, -0.15) is 0 Å². The quantitative estimate of drug-likeness (QED) is 0.0228. The van der Waals surface area contributed by atoms with Gasteiger partial charge in [-0.1, -0.05) is 251 Å². The van der Waals surface area contributed by atoms with Gasteiger partial charge in [0.25, 0.3) is 0 Å². The predicted molar refractivity (Wildman–Crippen MR) is 294 cm³/mol. The van der Waals surface area contributed by atoms with Crippen molar-refractivity contribution in [3.63, 3.8) is 0 Å². The van der Waals surface area contributed by atoms with Crippen LogP contribution in [-0.4, -0.2) is 89.2 Å². The molecule has 12 heteroatoms. The Morgan fingerprint density at radius 1 is 0.438 bits per heavy atom. The summed E-state index contributed by atoms with van der Waals surface area (Å²) in [5, 5.41) is 31.5. The number of esters is 3. The zero-order chi connectivity index (χ0) is 53.3. The lowest BCUT2D eigenvalue weighted by Gasteiger charge is -2.40. The molecule has 1 rings (SSSR count). The van der Waals surface area contributed by atoms with Crippen LogP contribution >= 0.6 is 0 Å². The third-order valence-corrected chi connectivity index (χ3v) is 14.3. The van der Waals surface area contributed by atoms with Crippen LogP contribution < -0.4 is 0 Å². The van der Waals surface area contributed by atoms with E-state index >= 15 is 0 Å². The first-order chi connectivity index (χ1) is 35.6. The van der Waals surface area contributed by atoms with Crippen molar-refractivity contribution in [2.24, 2.45) is 0 Å². The van der Waals surface area contributed by atoms with E-state index in [2.05, 4.69) is 32.9 Å². The minimum absolute atomic E-state index is 0.0684. The Morgan fingerprint density at radius 3 is 1.16 bits per heavy atom. The van der Waals surface area contributed by atoms with Crippen LogP contribution in [0.25, 0.3) is 0 Å². The summed E-state index contributed by atoms with van der Waals surface area (Å²) in [6.45, 7) is 6.01. The lowest BCUT2D eigenvalue weighted by molar-refractivity contribution is -0.301. The highest BCUT2D eigenvalue weighted by Crippen LogP contribution is 2.27. The van der Waals surface area contributed by atoms with Crippen LogP contribution in [0.1, 0.15) is 303 Å². The minimum atomic E-state index is -1.90. The Balaban J connectivity index is 2.64. The molecule has 0 aromatic heterocycles. The summed E-state index contributed by atoms with van der Waals surface area (Å²) < 4.78 is 28.4. The van der Waals surface area contributed by atoms with Crippen molar-refractivity contribution in [2.75, 3.05) is 13.2 Å². The second-order valence-electron chi connectivity index (χ2n) is 21.4. The molecule has 6 unspecified atom stereocenters. The van der Waals surface area contributed by atoms with Crippen LogP contribution in [0.4, 0.5) is 0 Å². The van der Waals surface area contributed by atoms with Gasteiger partial charge >= 0.3 is 23.9 Å². The first-order valence-electron chi connectivity index (χ1n) is 30.7. The van der Waals surface area contributed by atoms with Crippen LogP contribution in [0.5, 0.6) is 0 Å². The highest BCUT2D eigenvalue weighted by Gasteiger charge is 2.50. The Bertz CT molecular complexity index is 1320.